The van der Waals surface area contributed by atoms with Gasteiger partial charge in [-0.1, -0.05) is 54.6 Å². The number of carbonyl (C=O) groups excluding carboxylic acids is 2. The summed E-state index contributed by atoms with van der Waals surface area (Å²) in [6.45, 7) is 5.68. The highest BCUT2D eigenvalue weighted by Gasteiger charge is 2.28. The zero-order chi connectivity index (χ0) is 24.0. The van der Waals surface area contributed by atoms with Crippen LogP contribution >= 0.6 is 23.2 Å². The highest BCUT2D eigenvalue weighted by molar-refractivity contribution is 6.32. The largest absolute Gasteiger partial charge is 0.484 e. The maximum Gasteiger partial charge on any atom is 0.261 e. The van der Waals surface area contributed by atoms with Crippen LogP contribution in [-0.2, 0) is 16.1 Å². The summed E-state index contributed by atoms with van der Waals surface area (Å²) in [7, 11) is 0. The van der Waals surface area contributed by atoms with E-state index >= 15 is 0 Å². The van der Waals surface area contributed by atoms with Gasteiger partial charge in [-0.2, -0.15) is 0 Å². The van der Waals surface area contributed by atoms with E-state index in [4.69, 9.17) is 27.9 Å². The van der Waals surface area contributed by atoms with Crippen molar-refractivity contribution in [3.8, 4) is 5.75 Å². The Morgan fingerprint density at radius 1 is 1.06 bits per heavy atom. The van der Waals surface area contributed by atoms with Crippen molar-refractivity contribution in [1.82, 2.24) is 10.2 Å². The number of halogens is 2. The minimum Gasteiger partial charge on any atom is -0.484 e. The van der Waals surface area contributed by atoms with Crippen LogP contribution in [0.15, 0.2) is 36.4 Å². The van der Waals surface area contributed by atoms with Gasteiger partial charge in [-0.05, 0) is 74.6 Å². The molecule has 3 rings (SSSR count). The van der Waals surface area contributed by atoms with Crippen molar-refractivity contribution in [2.45, 2.75) is 71.5 Å². The molecule has 0 heterocycles. The standard InChI is InChI=1S/C26H32Cl2N2O3/c1-17-13-23(14-18(2)25(17)28)33-16-24(31)30(15-20-9-11-21(27)12-10-20)19(3)26(32)29-22-7-5-4-6-8-22/h9-14,19,22H,4-8,15-16H2,1-3H3,(H,29,32)/t19-/m0/s1. The quantitative estimate of drug-likeness (QED) is 0.504. The maximum atomic E-state index is 13.2. The molecule has 2 aromatic rings. The molecule has 1 aliphatic carbocycles. The lowest BCUT2D eigenvalue weighted by atomic mass is 9.95. The lowest BCUT2D eigenvalue weighted by Crippen LogP contribution is -2.51. The molecule has 0 unspecified atom stereocenters. The highest BCUT2D eigenvalue weighted by Crippen LogP contribution is 2.26. The number of amides is 2. The molecule has 178 valence electrons. The molecular weight excluding hydrogens is 459 g/mol. The molecule has 0 saturated heterocycles. The van der Waals surface area contributed by atoms with Crippen LogP contribution in [0.3, 0.4) is 0 Å². The number of aryl methyl sites for hydroxylation is 2. The van der Waals surface area contributed by atoms with E-state index in [-0.39, 0.29) is 31.0 Å². The van der Waals surface area contributed by atoms with Gasteiger partial charge < -0.3 is 15.0 Å². The second-order valence-corrected chi connectivity index (χ2v) is 9.64. The predicted octanol–water partition coefficient (Wildman–Crippen LogP) is 5.86. The van der Waals surface area contributed by atoms with E-state index in [1.807, 2.05) is 38.1 Å². The molecule has 33 heavy (non-hydrogen) atoms. The molecule has 2 amide bonds. The second kappa shape index (κ2) is 11.8. The Morgan fingerprint density at radius 2 is 1.67 bits per heavy atom. The predicted molar refractivity (Wildman–Crippen MR) is 133 cm³/mol. The topological polar surface area (TPSA) is 58.6 Å². The number of hydrogen-bond donors (Lipinski definition) is 1. The van der Waals surface area contributed by atoms with Gasteiger partial charge in [0, 0.05) is 22.6 Å². The van der Waals surface area contributed by atoms with Gasteiger partial charge in [-0.3, -0.25) is 9.59 Å². The molecule has 1 aliphatic rings. The normalized spacial score (nSPS) is 15.1. The lowest BCUT2D eigenvalue weighted by molar-refractivity contribution is -0.142. The van der Waals surface area contributed by atoms with E-state index in [1.165, 1.54) is 6.42 Å². The molecule has 1 N–H and O–H groups in total. The number of nitrogens with one attached hydrogen (secondary N) is 1. The van der Waals surface area contributed by atoms with Gasteiger partial charge in [0.05, 0.1) is 0 Å². The zero-order valence-corrected chi connectivity index (χ0v) is 21.0. The average molecular weight is 491 g/mol. The van der Waals surface area contributed by atoms with Crippen molar-refractivity contribution >= 4 is 35.0 Å². The zero-order valence-electron chi connectivity index (χ0n) is 19.5. The number of benzene rings is 2. The van der Waals surface area contributed by atoms with E-state index in [0.29, 0.717) is 15.8 Å². The Kier molecular flexibility index (Phi) is 9.04. The molecule has 1 fully saturated rings. The van der Waals surface area contributed by atoms with Crippen LogP contribution in [0.4, 0.5) is 0 Å². The SMILES string of the molecule is Cc1cc(OCC(=O)N(Cc2ccc(Cl)cc2)[C@@H](C)C(=O)NC2CCCCC2)cc(C)c1Cl. The Hall–Kier alpha value is -2.24. The highest BCUT2D eigenvalue weighted by atomic mass is 35.5. The molecule has 0 aliphatic heterocycles. The van der Waals surface area contributed by atoms with E-state index < -0.39 is 6.04 Å². The Labute approximate surface area is 206 Å². The van der Waals surface area contributed by atoms with E-state index in [9.17, 15) is 9.59 Å². The van der Waals surface area contributed by atoms with Crippen molar-refractivity contribution in [2.75, 3.05) is 6.61 Å². The first-order valence-electron chi connectivity index (χ1n) is 11.5. The molecule has 0 aromatic heterocycles. The summed E-state index contributed by atoms with van der Waals surface area (Å²) < 4.78 is 5.80. The van der Waals surface area contributed by atoms with Gasteiger partial charge in [0.15, 0.2) is 6.61 Å². The van der Waals surface area contributed by atoms with Crippen LogP contribution in [0.25, 0.3) is 0 Å². The average Bonchev–Trinajstić information content (AvgIpc) is 2.80. The van der Waals surface area contributed by atoms with Gasteiger partial charge in [0.2, 0.25) is 5.91 Å². The van der Waals surface area contributed by atoms with E-state index in [2.05, 4.69) is 5.32 Å². The van der Waals surface area contributed by atoms with Crippen molar-refractivity contribution < 1.29 is 14.3 Å². The van der Waals surface area contributed by atoms with Gasteiger partial charge in [0.25, 0.3) is 5.91 Å². The molecule has 0 bridgehead atoms. The van der Waals surface area contributed by atoms with Gasteiger partial charge >= 0.3 is 0 Å². The fourth-order valence-electron chi connectivity index (χ4n) is 4.16. The van der Waals surface area contributed by atoms with Crippen LogP contribution in [0.1, 0.15) is 55.7 Å². The fourth-order valence-corrected chi connectivity index (χ4v) is 4.39. The first kappa shape index (κ1) is 25.4. The van der Waals surface area contributed by atoms with E-state index in [1.54, 1.807) is 24.0 Å². The number of hydrogen-bond acceptors (Lipinski definition) is 3. The van der Waals surface area contributed by atoms with Crippen LogP contribution in [-0.4, -0.2) is 35.4 Å². The molecule has 1 saturated carbocycles. The molecule has 0 spiro atoms. The summed E-state index contributed by atoms with van der Waals surface area (Å²) in [6, 6.07) is 10.5. The van der Waals surface area contributed by atoms with Crippen LogP contribution < -0.4 is 10.1 Å². The minimum atomic E-state index is -0.632. The molecular formula is C26H32Cl2N2O3. The number of carbonyl (C=O) groups is 2. The molecule has 1 atom stereocenters. The van der Waals surface area contributed by atoms with Crippen molar-refractivity contribution in [2.24, 2.45) is 0 Å². The Morgan fingerprint density at radius 3 is 2.27 bits per heavy atom. The second-order valence-electron chi connectivity index (χ2n) is 8.83. The third kappa shape index (κ3) is 7.12. The first-order chi connectivity index (χ1) is 15.7. The van der Waals surface area contributed by atoms with Crippen molar-refractivity contribution in [3.05, 3.63) is 63.1 Å². The third-order valence-electron chi connectivity index (χ3n) is 6.16. The summed E-state index contributed by atoms with van der Waals surface area (Å²) in [5.74, 6) is 0.178. The number of ether oxygens (including phenoxy) is 1. The third-order valence-corrected chi connectivity index (χ3v) is 7.01. The minimum absolute atomic E-state index is 0.137. The molecule has 0 radical (unpaired) electrons. The summed E-state index contributed by atoms with van der Waals surface area (Å²) in [4.78, 5) is 27.8. The van der Waals surface area contributed by atoms with Gasteiger partial charge in [0.1, 0.15) is 11.8 Å². The molecule has 7 heteroatoms. The maximum absolute atomic E-state index is 13.2. The van der Waals surface area contributed by atoms with Crippen molar-refractivity contribution in [3.63, 3.8) is 0 Å². The molecule has 5 nitrogen and oxygen atoms in total. The molecule has 2 aromatic carbocycles. The first-order valence-corrected chi connectivity index (χ1v) is 12.2. The summed E-state index contributed by atoms with van der Waals surface area (Å²) in [5.41, 5.74) is 2.66. The Bertz CT molecular complexity index is 949. The Balaban J connectivity index is 1.72. The monoisotopic (exact) mass is 490 g/mol. The van der Waals surface area contributed by atoms with E-state index in [0.717, 1.165) is 42.4 Å². The number of nitrogens with zero attached hydrogens (tertiary/aromatic N) is 1. The number of rotatable bonds is 8. The summed E-state index contributed by atoms with van der Waals surface area (Å²) in [5, 5.41) is 4.44. The lowest BCUT2D eigenvalue weighted by Gasteiger charge is -2.31. The van der Waals surface area contributed by atoms with Gasteiger partial charge in [-0.25, -0.2) is 0 Å². The summed E-state index contributed by atoms with van der Waals surface area (Å²) in [6.07, 6.45) is 5.44. The van der Waals surface area contributed by atoms with Gasteiger partial charge in [-0.15, -0.1) is 0 Å². The smallest absolute Gasteiger partial charge is 0.261 e. The fraction of sp³-hybridized carbons (Fsp3) is 0.462. The summed E-state index contributed by atoms with van der Waals surface area (Å²) >= 11 is 12.2. The van der Waals surface area contributed by atoms with Crippen LogP contribution in [0.5, 0.6) is 5.75 Å². The van der Waals surface area contributed by atoms with Crippen LogP contribution in [0, 0.1) is 13.8 Å². The van der Waals surface area contributed by atoms with Crippen molar-refractivity contribution in [1.29, 1.82) is 0 Å². The van der Waals surface area contributed by atoms with Crippen LogP contribution in [0.2, 0.25) is 10.0 Å².